The standard InChI is InChI=1S/C19H20N4O2S/c1-12-16-11-17(18(24)20-13-7-9-14(22-25)10-8-13)26-19(16)23(21-12)15-5-3-2-4-6-15/h7-11,15H,2-6H2,1H3,(H,20,24). The molecule has 0 bridgehead atoms. The number of aromatic nitrogens is 2. The third-order valence-electron chi connectivity index (χ3n) is 4.94. The fourth-order valence-corrected chi connectivity index (χ4v) is 4.68. The summed E-state index contributed by atoms with van der Waals surface area (Å²) in [5.41, 5.74) is 1.96. The molecule has 0 aliphatic heterocycles. The first-order chi connectivity index (χ1) is 12.7. The Morgan fingerprint density at radius 3 is 2.65 bits per heavy atom. The van der Waals surface area contributed by atoms with Crippen LogP contribution in [0.3, 0.4) is 0 Å². The van der Waals surface area contributed by atoms with E-state index in [4.69, 9.17) is 5.10 Å². The molecule has 1 aliphatic rings. The average Bonchev–Trinajstić information content (AvgIpc) is 3.24. The molecule has 0 radical (unpaired) electrons. The van der Waals surface area contributed by atoms with Crippen molar-refractivity contribution in [1.82, 2.24) is 9.78 Å². The van der Waals surface area contributed by atoms with Gasteiger partial charge in [-0.2, -0.15) is 5.10 Å². The lowest BCUT2D eigenvalue weighted by Gasteiger charge is -2.22. The highest BCUT2D eigenvalue weighted by atomic mass is 32.1. The van der Waals surface area contributed by atoms with Crippen LogP contribution >= 0.6 is 11.3 Å². The van der Waals surface area contributed by atoms with Gasteiger partial charge in [-0.1, -0.05) is 19.3 Å². The zero-order valence-electron chi connectivity index (χ0n) is 14.6. The first kappa shape index (κ1) is 16.9. The van der Waals surface area contributed by atoms with E-state index in [1.54, 1.807) is 24.3 Å². The zero-order chi connectivity index (χ0) is 18.1. The molecule has 26 heavy (non-hydrogen) atoms. The quantitative estimate of drug-likeness (QED) is 0.612. The Morgan fingerprint density at radius 2 is 1.96 bits per heavy atom. The van der Waals surface area contributed by atoms with E-state index in [1.807, 2.05) is 13.0 Å². The summed E-state index contributed by atoms with van der Waals surface area (Å²) in [7, 11) is 0. The molecule has 0 saturated heterocycles. The number of thiophene rings is 1. The van der Waals surface area contributed by atoms with E-state index < -0.39 is 0 Å². The van der Waals surface area contributed by atoms with Crippen molar-refractivity contribution >= 4 is 38.8 Å². The van der Waals surface area contributed by atoms with Crippen LogP contribution in [-0.2, 0) is 0 Å². The lowest BCUT2D eigenvalue weighted by molar-refractivity contribution is 0.103. The average molecular weight is 368 g/mol. The lowest BCUT2D eigenvalue weighted by Crippen LogP contribution is -2.14. The number of hydrogen-bond acceptors (Lipinski definition) is 5. The molecule has 7 heteroatoms. The molecule has 1 N–H and O–H groups in total. The Balaban J connectivity index is 1.59. The smallest absolute Gasteiger partial charge is 0.265 e. The number of amides is 1. The van der Waals surface area contributed by atoms with E-state index in [0.29, 0.717) is 22.3 Å². The molecule has 134 valence electrons. The molecule has 2 heterocycles. The number of nitrogens with zero attached hydrogens (tertiary/aromatic N) is 3. The molecular formula is C19H20N4O2S. The second-order valence-electron chi connectivity index (χ2n) is 6.74. The summed E-state index contributed by atoms with van der Waals surface area (Å²) in [5, 5.41) is 11.5. The Bertz CT molecular complexity index is 952. The number of carbonyl (C=O) groups is 1. The molecule has 1 aliphatic carbocycles. The highest BCUT2D eigenvalue weighted by molar-refractivity contribution is 7.20. The Labute approximate surface area is 155 Å². The fourth-order valence-electron chi connectivity index (χ4n) is 3.55. The largest absolute Gasteiger partial charge is 0.321 e. The van der Waals surface area contributed by atoms with Crippen molar-refractivity contribution < 1.29 is 4.79 Å². The number of nitrogens with one attached hydrogen (secondary N) is 1. The van der Waals surface area contributed by atoms with Crippen LogP contribution in [0.5, 0.6) is 0 Å². The van der Waals surface area contributed by atoms with E-state index in [2.05, 4.69) is 15.2 Å². The van der Waals surface area contributed by atoms with Gasteiger partial charge in [0.05, 0.1) is 16.6 Å². The first-order valence-corrected chi connectivity index (χ1v) is 9.71. The Morgan fingerprint density at radius 1 is 1.23 bits per heavy atom. The van der Waals surface area contributed by atoms with Crippen molar-refractivity contribution in [2.45, 2.75) is 45.1 Å². The fraction of sp³-hybridized carbons (Fsp3) is 0.368. The third kappa shape index (κ3) is 3.14. The molecule has 0 atom stereocenters. The number of aryl methyl sites for hydroxylation is 1. The summed E-state index contributed by atoms with van der Waals surface area (Å²) < 4.78 is 2.13. The van der Waals surface area contributed by atoms with Crippen LogP contribution in [0.1, 0.15) is 53.5 Å². The summed E-state index contributed by atoms with van der Waals surface area (Å²) in [5.74, 6) is -0.146. The van der Waals surface area contributed by atoms with Gasteiger partial charge in [0, 0.05) is 11.1 Å². The number of nitroso groups, excluding NO2 is 1. The van der Waals surface area contributed by atoms with Crippen LogP contribution in [0.4, 0.5) is 11.4 Å². The maximum absolute atomic E-state index is 12.6. The van der Waals surface area contributed by atoms with Gasteiger partial charge in [0.1, 0.15) is 10.5 Å². The van der Waals surface area contributed by atoms with Crippen LogP contribution < -0.4 is 5.32 Å². The summed E-state index contributed by atoms with van der Waals surface area (Å²) >= 11 is 1.49. The zero-order valence-corrected chi connectivity index (χ0v) is 15.4. The maximum atomic E-state index is 12.6. The molecule has 1 fully saturated rings. The second-order valence-corrected chi connectivity index (χ2v) is 7.77. The van der Waals surface area contributed by atoms with Crippen molar-refractivity contribution in [1.29, 1.82) is 0 Å². The summed E-state index contributed by atoms with van der Waals surface area (Å²) in [6.07, 6.45) is 6.11. The topological polar surface area (TPSA) is 76.3 Å². The lowest BCUT2D eigenvalue weighted by atomic mass is 9.96. The molecule has 1 amide bonds. The summed E-state index contributed by atoms with van der Waals surface area (Å²) in [6, 6.07) is 8.89. The van der Waals surface area contributed by atoms with Gasteiger partial charge in [0.2, 0.25) is 0 Å². The van der Waals surface area contributed by atoms with E-state index >= 15 is 0 Å². The highest BCUT2D eigenvalue weighted by Crippen LogP contribution is 2.35. The summed E-state index contributed by atoms with van der Waals surface area (Å²) in [4.78, 5) is 24.9. The molecule has 0 spiro atoms. The molecule has 3 aromatic rings. The van der Waals surface area contributed by atoms with Crippen LogP contribution in [0.15, 0.2) is 35.5 Å². The third-order valence-corrected chi connectivity index (χ3v) is 6.07. The van der Waals surface area contributed by atoms with Gasteiger partial charge >= 0.3 is 0 Å². The predicted octanol–water partition coefficient (Wildman–Crippen LogP) is 5.56. The minimum absolute atomic E-state index is 0.146. The van der Waals surface area contributed by atoms with E-state index in [1.165, 1.54) is 30.6 Å². The first-order valence-electron chi connectivity index (χ1n) is 8.89. The van der Waals surface area contributed by atoms with Crippen molar-refractivity contribution in [3.8, 4) is 0 Å². The van der Waals surface area contributed by atoms with Crippen LogP contribution in [0.2, 0.25) is 0 Å². The minimum atomic E-state index is -0.146. The molecule has 1 aromatic carbocycles. The molecular weight excluding hydrogens is 348 g/mol. The van der Waals surface area contributed by atoms with Crippen molar-refractivity contribution in [2.24, 2.45) is 5.18 Å². The number of rotatable bonds is 4. The van der Waals surface area contributed by atoms with Crippen molar-refractivity contribution in [2.75, 3.05) is 5.32 Å². The van der Waals surface area contributed by atoms with E-state index in [-0.39, 0.29) is 5.91 Å². The SMILES string of the molecule is Cc1nn(C2CCCCC2)c2sc(C(=O)Nc3ccc(N=O)cc3)cc12. The van der Waals surface area contributed by atoms with Gasteiger partial charge in [-0.15, -0.1) is 16.2 Å². The van der Waals surface area contributed by atoms with Crippen molar-refractivity contribution in [3.63, 3.8) is 0 Å². The number of fused-ring (bicyclic) bond motifs is 1. The normalized spacial score (nSPS) is 15.3. The molecule has 1 saturated carbocycles. The molecule has 0 unspecified atom stereocenters. The number of hydrogen-bond donors (Lipinski definition) is 1. The predicted molar refractivity (Wildman–Crippen MR) is 104 cm³/mol. The number of carbonyl (C=O) groups excluding carboxylic acids is 1. The maximum Gasteiger partial charge on any atom is 0.265 e. The van der Waals surface area contributed by atoms with Crippen molar-refractivity contribution in [3.05, 3.63) is 45.8 Å². The van der Waals surface area contributed by atoms with Gasteiger partial charge in [0.15, 0.2) is 0 Å². The molecule has 6 nitrogen and oxygen atoms in total. The van der Waals surface area contributed by atoms with Gasteiger partial charge in [0.25, 0.3) is 5.91 Å². The number of benzene rings is 1. The molecule has 2 aromatic heterocycles. The molecule has 4 rings (SSSR count). The van der Waals surface area contributed by atoms with E-state index in [0.717, 1.165) is 28.8 Å². The van der Waals surface area contributed by atoms with Gasteiger partial charge in [-0.3, -0.25) is 9.48 Å². The Hall–Kier alpha value is -2.54. The van der Waals surface area contributed by atoms with E-state index in [9.17, 15) is 9.70 Å². The number of anilines is 1. The van der Waals surface area contributed by atoms with Gasteiger partial charge in [-0.05, 0) is 55.3 Å². The summed E-state index contributed by atoms with van der Waals surface area (Å²) in [6.45, 7) is 2.00. The Kier molecular flexibility index (Phi) is 4.55. The van der Waals surface area contributed by atoms with Crippen LogP contribution in [0, 0.1) is 11.8 Å². The monoisotopic (exact) mass is 368 g/mol. The van der Waals surface area contributed by atoms with Crippen LogP contribution in [-0.4, -0.2) is 15.7 Å². The van der Waals surface area contributed by atoms with Gasteiger partial charge < -0.3 is 5.32 Å². The van der Waals surface area contributed by atoms with Gasteiger partial charge in [-0.25, -0.2) is 0 Å². The highest BCUT2D eigenvalue weighted by Gasteiger charge is 2.22. The second kappa shape index (κ2) is 6.99. The van der Waals surface area contributed by atoms with Crippen LogP contribution in [0.25, 0.3) is 10.2 Å². The minimum Gasteiger partial charge on any atom is -0.321 e.